The number of carboxylic acid groups (broad SMARTS) is 1. The van der Waals surface area contributed by atoms with Crippen molar-refractivity contribution in [2.75, 3.05) is 29.9 Å². The first-order chi connectivity index (χ1) is 14.1. The summed E-state index contributed by atoms with van der Waals surface area (Å²) >= 11 is 0. The molecule has 10 nitrogen and oxygen atoms in total. The number of nitrogens with zero attached hydrogens (tertiary/aromatic N) is 1. The number of benzene rings is 1. The number of halogens is 5. The largest absolute Gasteiger partial charge is 1.00 e. The summed E-state index contributed by atoms with van der Waals surface area (Å²) in [5.74, 6) is -3.55. The molecule has 0 saturated heterocycles. The maximum atomic E-state index is 14.2. The second kappa shape index (κ2) is 12.0. The van der Waals surface area contributed by atoms with Crippen molar-refractivity contribution in [3.63, 3.8) is 0 Å². The zero-order chi connectivity index (χ0) is 24.0. The maximum absolute atomic E-state index is 14.2. The second-order valence-electron chi connectivity index (χ2n) is 5.72. The van der Waals surface area contributed by atoms with Gasteiger partial charge in [-0.1, -0.05) is 0 Å². The molecule has 4 N–H and O–H groups in total. The Morgan fingerprint density at radius 3 is 2.22 bits per heavy atom. The van der Waals surface area contributed by atoms with Crippen molar-refractivity contribution in [2.45, 2.75) is 11.6 Å². The fourth-order valence-corrected chi connectivity index (χ4v) is 2.02. The van der Waals surface area contributed by atoms with Crippen LogP contribution in [-0.4, -0.2) is 66.3 Å². The first kappa shape index (κ1) is 29.6. The van der Waals surface area contributed by atoms with Crippen molar-refractivity contribution in [3.8, 4) is 0 Å². The third-order valence-electron chi connectivity index (χ3n) is 3.43. The number of carboxylic acids is 1. The number of rotatable bonds is 5. The van der Waals surface area contributed by atoms with Crippen LogP contribution in [0.1, 0.15) is 0 Å². The van der Waals surface area contributed by atoms with Gasteiger partial charge >= 0.3 is 30.3 Å². The summed E-state index contributed by atoms with van der Waals surface area (Å²) < 4.78 is 87.2. The summed E-state index contributed by atoms with van der Waals surface area (Å²) in [6.45, 7) is 0.0334. The Morgan fingerprint density at radius 1 is 1.28 bits per heavy atom. The van der Waals surface area contributed by atoms with Crippen LogP contribution in [0.4, 0.5) is 33.3 Å². The Hall–Kier alpha value is -2.38. The Morgan fingerprint density at radius 2 is 1.78 bits per heavy atom. The summed E-state index contributed by atoms with van der Waals surface area (Å²) in [5.41, 5.74) is -5.97. The van der Waals surface area contributed by atoms with Crippen LogP contribution in [0.25, 0.3) is 0 Å². The average Bonchev–Trinajstić information content (AvgIpc) is 2.82. The molecule has 0 bridgehead atoms. The predicted molar refractivity (Wildman–Crippen MR) is 93.7 cm³/mol. The van der Waals surface area contributed by atoms with E-state index in [1.54, 1.807) is 0 Å². The third-order valence-corrected chi connectivity index (χ3v) is 4.00. The van der Waals surface area contributed by atoms with Crippen LogP contribution < -0.4 is 34.4 Å². The van der Waals surface area contributed by atoms with Crippen LogP contribution in [-0.2, 0) is 19.7 Å². The summed E-state index contributed by atoms with van der Waals surface area (Å²) in [5, 5.41) is 22.7. The van der Waals surface area contributed by atoms with Gasteiger partial charge in [0.25, 0.3) is 0 Å². The smallest absolute Gasteiger partial charge is 0.741 e. The molecule has 17 heteroatoms. The number of amides is 1. The number of aliphatic hydroxyl groups is 1. The van der Waals surface area contributed by atoms with Gasteiger partial charge in [0, 0.05) is 31.1 Å². The Kier molecular flexibility index (Phi) is 11.1. The van der Waals surface area contributed by atoms with Gasteiger partial charge < -0.3 is 30.3 Å². The standard InChI is InChI=1S/C14H15F2N3O4.CHF3O3S.Li/c15-9-5-8(18-7-11(20)14(22)23)6-10(16)13(9)19-3-1-12(21)17-2-4-19;2-1(3,4)8(5,6)7;/h1,3,5-6,11,18,20H,2,4,7H2,(H,17,21)(H,22,23);(H,5,6,7);/q;;+1/p-1/t11-;;/m1../s1. The topological polar surface area (TPSA) is 159 Å². The number of aliphatic carboxylic acids is 1. The van der Waals surface area contributed by atoms with Crippen LogP contribution in [0, 0.1) is 11.6 Å². The summed E-state index contributed by atoms with van der Waals surface area (Å²) in [6, 6.07) is 1.97. The van der Waals surface area contributed by atoms with Crippen molar-refractivity contribution in [2.24, 2.45) is 0 Å². The number of carbonyl (C=O) groups is 2. The fraction of sp³-hybridized carbons (Fsp3) is 0.333. The van der Waals surface area contributed by atoms with E-state index in [9.17, 15) is 31.5 Å². The van der Waals surface area contributed by atoms with E-state index in [-0.39, 0.29) is 49.2 Å². The molecular weight excluding hydrogens is 468 g/mol. The van der Waals surface area contributed by atoms with Gasteiger partial charge in [-0.2, -0.15) is 13.2 Å². The van der Waals surface area contributed by atoms with E-state index >= 15 is 0 Å². The van der Waals surface area contributed by atoms with Gasteiger partial charge in [0.05, 0.1) is 6.54 Å². The number of nitrogens with one attached hydrogen (secondary N) is 2. The fourth-order valence-electron chi connectivity index (χ4n) is 2.02. The van der Waals surface area contributed by atoms with Crippen molar-refractivity contribution >= 4 is 33.4 Å². The van der Waals surface area contributed by atoms with Gasteiger partial charge in [0.1, 0.15) is 5.69 Å². The number of alkyl halides is 3. The molecule has 1 atom stereocenters. The van der Waals surface area contributed by atoms with Crippen LogP contribution >= 0.6 is 0 Å². The van der Waals surface area contributed by atoms with Crippen molar-refractivity contribution in [1.29, 1.82) is 0 Å². The van der Waals surface area contributed by atoms with E-state index in [0.29, 0.717) is 0 Å². The number of aliphatic hydroxyl groups excluding tert-OH is 1. The first-order valence-corrected chi connectivity index (χ1v) is 9.43. The molecule has 0 saturated carbocycles. The van der Waals surface area contributed by atoms with E-state index < -0.39 is 45.9 Å². The molecule has 1 amide bonds. The molecule has 174 valence electrons. The molecule has 1 aliphatic heterocycles. The number of anilines is 2. The summed E-state index contributed by atoms with van der Waals surface area (Å²) in [7, 11) is -6.09. The van der Waals surface area contributed by atoms with Crippen molar-refractivity contribution in [1.82, 2.24) is 5.32 Å². The van der Waals surface area contributed by atoms with E-state index in [2.05, 4.69) is 10.6 Å². The zero-order valence-electron chi connectivity index (χ0n) is 16.2. The summed E-state index contributed by atoms with van der Waals surface area (Å²) in [6.07, 6.45) is 0.762. The average molecular weight is 483 g/mol. The SMILES string of the molecule is O=C1C=CN(c2c(F)cc(NC[C@@H](O)C(=O)O)cc2F)CCN1.O=S(=O)([O-])C(F)(F)F.[Li+]. The predicted octanol–water partition coefficient (Wildman–Crippen LogP) is -2.67. The molecular formula is C15H15F5LiN3O7S. The molecule has 32 heavy (non-hydrogen) atoms. The third kappa shape index (κ3) is 9.00. The molecule has 1 aromatic carbocycles. The van der Waals surface area contributed by atoms with Crippen LogP contribution in [0.3, 0.4) is 0 Å². The first-order valence-electron chi connectivity index (χ1n) is 8.02. The van der Waals surface area contributed by atoms with E-state index in [1.165, 1.54) is 17.2 Å². The molecule has 0 spiro atoms. The van der Waals surface area contributed by atoms with Crippen molar-refractivity contribution < 1.29 is 73.6 Å². The Labute approximate surface area is 190 Å². The second-order valence-corrected chi connectivity index (χ2v) is 7.09. The van der Waals surface area contributed by atoms with E-state index in [0.717, 1.165) is 12.1 Å². The summed E-state index contributed by atoms with van der Waals surface area (Å²) in [4.78, 5) is 22.9. The zero-order valence-corrected chi connectivity index (χ0v) is 17.0. The van der Waals surface area contributed by atoms with Crippen LogP contribution in [0.2, 0.25) is 0 Å². The minimum atomic E-state index is -6.09. The molecule has 0 aromatic heterocycles. The molecule has 1 aliphatic rings. The van der Waals surface area contributed by atoms with Gasteiger partial charge in [-0.3, -0.25) is 4.79 Å². The van der Waals surface area contributed by atoms with E-state index in [1.807, 2.05) is 0 Å². The molecule has 0 radical (unpaired) electrons. The van der Waals surface area contributed by atoms with Crippen LogP contribution in [0.5, 0.6) is 0 Å². The van der Waals surface area contributed by atoms with E-state index in [4.69, 9.17) is 23.2 Å². The monoisotopic (exact) mass is 483 g/mol. The molecule has 0 unspecified atom stereocenters. The molecule has 0 aliphatic carbocycles. The van der Waals surface area contributed by atoms with Gasteiger partial charge in [0.2, 0.25) is 5.91 Å². The number of hydrogen-bond donors (Lipinski definition) is 4. The number of hydrogen-bond acceptors (Lipinski definition) is 8. The molecule has 1 heterocycles. The normalized spacial score (nSPS) is 14.8. The minimum Gasteiger partial charge on any atom is -0.741 e. The van der Waals surface area contributed by atoms with Gasteiger partial charge in [-0.15, -0.1) is 0 Å². The van der Waals surface area contributed by atoms with Gasteiger partial charge in [-0.25, -0.2) is 22.0 Å². The van der Waals surface area contributed by atoms with Crippen molar-refractivity contribution in [3.05, 3.63) is 36.0 Å². The Bertz CT molecular complexity index is 936. The molecule has 0 fully saturated rings. The van der Waals surface area contributed by atoms with Gasteiger partial charge in [0.15, 0.2) is 27.9 Å². The quantitative estimate of drug-likeness (QED) is 0.152. The van der Waals surface area contributed by atoms with Crippen LogP contribution in [0.15, 0.2) is 24.4 Å². The number of carbonyl (C=O) groups excluding carboxylic acids is 1. The Balaban J connectivity index is 0.000000917. The minimum absolute atomic E-state index is 0. The van der Waals surface area contributed by atoms with Gasteiger partial charge in [-0.05, 0) is 12.1 Å². The molecule has 1 aromatic rings. The maximum Gasteiger partial charge on any atom is 1.00 e. The molecule has 2 rings (SSSR count).